The zero-order valence-corrected chi connectivity index (χ0v) is 18.0. The first kappa shape index (κ1) is 26.5. The van der Waals surface area contributed by atoms with Gasteiger partial charge >= 0.3 is 5.97 Å². The standard InChI is InChI=1S/C23H38O7/c1-2-3-6-9-17(25)12-13-20-19(21(27)14-22(20)28)10-7-4-5-8-11-23(29)30-16-18(26)15-24/h4,7,12-13,17-20,22,24-26,28H,2-3,5-6,8-11,14-16H2,1H3/b7-4+,13-12+/t17-,18?,19+,20+,22+/m0/s1. The van der Waals surface area contributed by atoms with E-state index >= 15 is 0 Å². The summed E-state index contributed by atoms with van der Waals surface area (Å²) in [5.41, 5.74) is 0. The topological polar surface area (TPSA) is 124 Å². The maximum atomic E-state index is 12.2. The van der Waals surface area contributed by atoms with Crippen LogP contribution in [0.25, 0.3) is 0 Å². The largest absolute Gasteiger partial charge is 0.463 e. The molecule has 1 rings (SSSR count). The zero-order chi connectivity index (χ0) is 22.4. The fourth-order valence-electron chi connectivity index (χ4n) is 3.52. The molecular formula is C23H38O7. The maximum Gasteiger partial charge on any atom is 0.305 e. The first-order valence-corrected chi connectivity index (χ1v) is 11.1. The second-order valence-electron chi connectivity index (χ2n) is 7.99. The predicted molar refractivity (Wildman–Crippen MR) is 114 cm³/mol. The highest BCUT2D eigenvalue weighted by Gasteiger charge is 2.39. The number of hydrogen-bond donors (Lipinski definition) is 4. The summed E-state index contributed by atoms with van der Waals surface area (Å²) in [4.78, 5) is 23.7. The van der Waals surface area contributed by atoms with Crippen molar-refractivity contribution in [1.82, 2.24) is 0 Å². The lowest BCUT2D eigenvalue weighted by molar-refractivity contribution is -0.147. The number of unbranched alkanes of at least 4 members (excludes halogenated alkanes) is 3. The van der Waals surface area contributed by atoms with E-state index in [2.05, 4.69) is 6.92 Å². The molecule has 30 heavy (non-hydrogen) atoms. The lowest BCUT2D eigenvalue weighted by Gasteiger charge is -2.16. The Bertz CT molecular complexity index is 558. The van der Waals surface area contributed by atoms with Crippen molar-refractivity contribution < 1.29 is 34.8 Å². The van der Waals surface area contributed by atoms with E-state index in [0.717, 1.165) is 19.3 Å². The second-order valence-corrected chi connectivity index (χ2v) is 7.99. The van der Waals surface area contributed by atoms with Crippen molar-refractivity contribution in [2.75, 3.05) is 13.2 Å². The van der Waals surface area contributed by atoms with E-state index < -0.39 is 30.9 Å². The molecule has 4 N–H and O–H groups in total. The number of carbonyl (C=O) groups excluding carboxylic acids is 2. The van der Waals surface area contributed by atoms with Gasteiger partial charge in [-0.3, -0.25) is 9.59 Å². The van der Waals surface area contributed by atoms with Crippen molar-refractivity contribution in [2.24, 2.45) is 11.8 Å². The number of hydrogen-bond acceptors (Lipinski definition) is 7. The Morgan fingerprint density at radius 3 is 2.70 bits per heavy atom. The average molecular weight is 427 g/mol. The maximum absolute atomic E-state index is 12.2. The summed E-state index contributed by atoms with van der Waals surface area (Å²) >= 11 is 0. The normalized spacial score (nSPS) is 24.0. The molecule has 0 saturated heterocycles. The van der Waals surface area contributed by atoms with Gasteiger partial charge in [0.05, 0.1) is 18.8 Å². The SMILES string of the molecule is CCCCC[C@H](O)/C=C/[C@H]1[C@H](O)CC(=O)[C@@H]1C/C=C/CCCC(=O)OCC(O)CO. The van der Waals surface area contributed by atoms with Gasteiger partial charge in [-0.25, -0.2) is 0 Å². The molecule has 1 aliphatic carbocycles. The minimum atomic E-state index is -1.05. The van der Waals surface area contributed by atoms with Crippen LogP contribution in [0.2, 0.25) is 0 Å². The van der Waals surface area contributed by atoms with Gasteiger partial charge in [-0.05, 0) is 25.7 Å². The molecule has 0 bridgehead atoms. The summed E-state index contributed by atoms with van der Waals surface area (Å²) in [5, 5.41) is 38.0. The van der Waals surface area contributed by atoms with Crippen molar-refractivity contribution in [2.45, 2.75) is 83.0 Å². The van der Waals surface area contributed by atoms with E-state index in [1.54, 1.807) is 12.2 Å². The summed E-state index contributed by atoms with van der Waals surface area (Å²) < 4.78 is 4.83. The minimum absolute atomic E-state index is 0.0355. The third-order valence-electron chi connectivity index (χ3n) is 5.35. The molecule has 172 valence electrons. The monoisotopic (exact) mass is 426 g/mol. The van der Waals surface area contributed by atoms with E-state index in [0.29, 0.717) is 25.7 Å². The molecule has 0 spiro atoms. The number of ketones is 1. The van der Waals surface area contributed by atoms with Gasteiger partial charge in [-0.15, -0.1) is 0 Å². The number of aliphatic hydroxyl groups is 4. The van der Waals surface area contributed by atoms with Crippen LogP contribution >= 0.6 is 0 Å². The highest BCUT2D eigenvalue weighted by molar-refractivity contribution is 5.84. The van der Waals surface area contributed by atoms with Gasteiger partial charge in [0, 0.05) is 24.7 Å². The number of esters is 1. The Kier molecular flexibility index (Phi) is 13.5. The summed E-state index contributed by atoms with van der Waals surface area (Å²) in [6.07, 6.45) is 10.9. The van der Waals surface area contributed by atoms with Crippen LogP contribution in [0.3, 0.4) is 0 Å². The van der Waals surface area contributed by atoms with Gasteiger partial charge in [0.15, 0.2) is 0 Å². The number of aliphatic hydroxyl groups excluding tert-OH is 4. The molecule has 0 radical (unpaired) electrons. The molecule has 1 aliphatic rings. The molecule has 0 aliphatic heterocycles. The van der Waals surface area contributed by atoms with Crippen molar-refractivity contribution in [1.29, 1.82) is 0 Å². The van der Waals surface area contributed by atoms with Crippen LogP contribution < -0.4 is 0 Å². The number of ether oxygens (including phenoxy) is 1. The molecular weight excluding hydrogens is 388 g/mol. The minimum Gasteiger partial charge on any atom is -0.463 e. The quantitative estimate of drug-likeness (QED) is 0.179. The average Bonchev–Trinajstić information content (AvgIpc) is 2.99. The Morgan fingerprint density at radius 2 is 2.00 bits per heavy atom. The first-order valence-electron chi connectivity index (χ1n) is 11.1. The Balaban J connectivity index is 2.37. The zero-order valence-electron chi connectivity index (χ0n) is 18.0. The molecule has 7 nitrogen and oxygen atoms in total. The first-order chi connectivity index (χ1) is 14.4. The van der Waals surface area contributed by atoms with Crippen LogP contribution in [0, 0.1) is 11.8 Å². The van der Waals surface area contributed by atoms with Crippen LogP contribution in [0.4, 0.5) is 0 Å². The summed E-state index contributed by atoms with van der Waals surface area (Å²) in [5.74, 6) is -0.961. The summed E-state index contributed by atoms with van der Waals surface area (Å²) in [6.45, 7) is 1.45. The van der Waals surface area contributed by atoms with Gasteiger partial charge in [0.2, 0.25) is 0 Å². The predicted octanol–water partition coefficient (Wildman–Crippen LogP) is 2.06. The third kappa shape index (κ3) is 10.5. The Labute approximate surface area is 179 Å². The highest BCUT2D eigenvalue weighted by atomic mass is 16.5. The molecule has 1 saturated carbocycles. The molecule has 7 heteroatoms. The van der Waals surface area contributed by atoms with Gasteiger partial charge in [-0.2, -0.15) is 0 Å². The van der Waals surface area contributed by atoms with Crippen LogP contribution in [0.1, 0.15) is 64.7 Å². The van der Waals surface area contributed by atoms with Crippen molar-refractivity contribution in [3.8, 4) is 0 Å². The lowest BCUT2D eigenvalue weighted by atomic mass is 9.90. The van der Waals surface area contributed by atoms with Crippen LogP contribution in [0.15, 0.2) is 24.3 Å². The number of allylic oxidation sites excluding steroid dienone is 2. The summed E-state index contributed by atoms with van der Waals surface area (Å²) in [6, 6.07) is 0. The number of rotatable bonds is 15. The molecule has 1 unspecified atom stereocenters. The molecule has 0 aromatic rings. The highest BCUT2D eigenvalue weighted by Crippen LogP contribution is 2.33. The van der Waals surface area contributed by atoms with Gasteiger partial charge < -0.3 is 25.2 Å². The lowest BCUT2D eigenvalue weighted by Crippen LogP contribution is -2.21. The second kappa shape index (κ2) is 15.3. The molecule has 0 amide bonds. The fourth-order valence-corrected chi connectivity index (χ4v) is 3.52. The molecule has 0 heterocycles. The smallest absolute Gasteiger partial charge is 0.305 e. The van der Waals surface area contributed by atoms with Crippen molar-refractivity contribution in [3.05, 3.63) is 24.3 Å². The van der Waals surface area contributed by atoms with Crippen molar-refractivity contribution in [3.63, 3.8) is 0 Å². The van der Waals surface area contributed by atoms with E-state index in [1.807, 2.05) is 12.2 Å². The van der Waals surface area contributed by atoms with Crippen LogP contribution in [-0.2, 0) is 14.3 Å². The fraction of sp³-hybridized carbons (Fsp3) is 0.739. The Hall–Kier alpha value is -1.54. The molecule has 0 aromatic carbocycles. The van der Waals surface area contributed by atoms with Gasteiger partial charge in [-0.1, -0.05) is 50.5 Å². The van der Waals surface area contributed by atoms with E-state index in [-0.39, 0.29) is 37.1 Å². The summed E-state index contributed by atoms with van der Waals surface area (Å²) in [7, 11) is 0. The third-order valence-corrected chi connectivity index (χ3v) is 5.35. The van der Waals surface area contributed by atoms with Gasteiger partial charge in [0.1, 0.15) is 18.5 Å². The van der Waals surface area contributed by atoms with Crippen molar-refractivity contribution >= 4 is 11.8 Å². The van der Waals surface area contributed by atoms with E-state index in [4.69, 9.17) is 14.9 Å². The number of Topliss-reactive ketones (excluding diaryl/α,β-unsaturated/α-hetero) is 1. The van der Waals surface area contributed by atoms with Gasteiger partial charge in [0.25, 0.3) is 0 Å². The Morgan fingerprint density at radius 1 is 1.23 bits per heavy atom. The molecule has 0 aromatic heterocycles. The molecule has 1 fully saturated rings. The van der Waals surface area contributed by atoms with E-state index in [1.165, 1.54) is 0 Å². The number of carbonyl (C=O) groups is 2. The molecule has 5 atom stereocenters. The van der Waals surface area contributed by atoms with Crippen LogP contribution in [0.5, 0.6) is 0 Å². The van der Waals surface area contributed by atoms with Crippen LogP contribution in [-0.4, -0.2) is 63.7 Å². The van der Waals surface area contributed by atoms with E-state index in [9.17, 15) is 19.8 Å².